The lowest BCUT2D eigenvalue weighted by Crippen LogP contribution is -2.32. The van der Waals surface area contributed by atoms with Gasteiger partial charge in [0.15, 0.2) is 4.60 Å². The molecule has 0 aliphatic heterocycles. The molecule has 3 aromatic rings. The first-order valence-corrected chi connectivity index (χ1v) is 6.91. The summed E-state index contributed by atoms with van der Waals surface area (Å²) in [7, 11) is 1.84. The van der Waals surface area contributed by atoms with E-state index in [1.54, 1.807) is 4.68 Å². The fourth-order valence-electron chi connectivity index (χ4n) is 2.28. The van der Waals surface area contributed by atoms with Gasteiger partial charge >= 0.3 is 0 Å². The molecule has 8 heteroatoms. The van der Waals surface area contributed by atoms with Crippen molar-refractivity contribution in [1.29, 1.82) is 0 Å². The third kappa shape index (κ3) is 2.21. The van der Waals surface area contributed by atoms with Crippen LogP contribution in [0.1, 0.15) is 11.7 Å². The Labute approximate surface area is 123 Å². The molecule has 0 amide bonds. The molecule has 0 spiro atoms. The minimum absolute atomic E-state index is 0.123. The average Bonchev–Trinajstić information content (AvgIpc) is 3.01. The van der Waals surface area contributed by atoms with Crippen molar-refractivity contribution >= 4 is 27.0 Å². The highest BCUT2D eigenvalue weighted by Gasteiger charge is 2.20. The number of benzene rings is 1. The van der Waals surface area contributed by atoms with Gasteiger partial charge in [-0.25, -0.2) is 15.1 Å². The van der Waals surface area contributed by atoms with Gasteiger partial charge in [0.2, 0.25) is 0 Å². The van der Waals surface area contributed by atoms with E-state index >= 15 is 0 Å². The predicted octanol–water partition coefficient (Wildman–Crippen LogP) is 1.13. The minimum Gasteiger partial charge on any atom is -0.329 e. The van der Waals surface area contributed by atoms with Crippen LogP contribution in [0.25, 0.3) is 11.0 Å². The van der Waals surface area contributed by atoms with Crippen LogP contribution in [-0.4, -0.2) is 24.5 Å². The Morgan fingerprint density at radius 2 is 2.20 bits per heavy atom. The van der Waals surface area contributed by atoms with E-state index in [-0.39, 0.29) is 6.04 Å². The van der Waals surface area contributed by atoms with E-state index in [2.05, 4.69) is 41.2 Å². The average molecular weight is 336 g/mol. The molecule has 0 bridgehead atoms. The summed E-state index contributed by atoms with van der Waals surface area (Å²) in [5, 5.41) is 7.96. The maximum Gasteiger partial charge on any atom is 0.153 e. The Morgan fingerprint density at radius 3 is 2.90 bits per heavy atom. The van der Waals surface area contributed by atoms with Crippen molar-refractivity contribution in [3.05, 3.63) is 40.9 Å². The van der Waals surface area contributed by atoms with Gasteiger partial charge in [0.05, 0.1) is 29.1 Å². The highest BCUT2D eigenvalue weighted by Crippen LogP contribution is 2.23. The number of nitrogens with one attached hydrogen (secondary N) is 1. The van der Waals surface area contributed by atoms with Gasteiger partial charge < -0.3 is 4.57 Å². The van der Waals surface area contributed by atoms with Crippen LogP contribution in [0.4, 0.5) is 0 Å². The van der Waals surface area contributed by atoms with E-state index in [0.29, 0.717) is 11.1 Å². The first-order valence-electron chi connectivity index (χ1n) is 6.11. The second-order valence-electron chi connectivity index (χ2n) is 4.49. The molecule has 0 radical (unpaired) electrons. The lowest BCUT2D eigenvalue weighted by molar-refractivity contribution is 0.450. The van der Waals surface area contributed by atoms with Gasteiger partial charge in [-0.2, -0.15) is 0 Å². The van der Waals surface area contributed by atoms with Crippen LogP contribution >= 0.6 is 15.9 Å². The molecule has 7 nitrogen and oxygen atoms in total. The van der Waals surface area contributed by atoms with Crippen molar-refractivity contribution in [3.63, 3.8) is 0 Å². The Hall–Kier alpha value is -1.77. The largest absolute Gasteiger partial charge is 0.329 e. The lowest BCUT2D eigenvalue weighted by atomic mass is 10.2. The van der Waals surface area contributed by atoms with Gasteiger partial charge in [-0.05, 0) is 28.1 Å². The number of hydrogen-bond donors (Lipinski definition) is 2. The monoisotopic (exact) mass is 335 g/mol. The highest BCUT2D eigenvalue weighted by molar-refractivity contribution is 9.10. The SMILES string of the molecule is Cn1nnc(Br)c1C(Cn1cnc2ccccc21)NN. The molecule has 3 N–H and O–H groups in total. The van der Waals surface area contributed by atoms with Gasteiger partial charge in [0.1, 0.15) is 0 Å². The van der Waals surface area contributed by atoms with E-state index in [0.717, 1.165) is 16.7 Å². The molecule has 3 rings (SSSR count). The summed E-state index contributed by atoms with van der Waals surface area (Å²) in [6.07, 6.45) is 1.81. The Kier molecular flexibility index (Phi) is 3.51. The quantitative estimate of drug-likeness (QED) is 0.551. The maximum atomic E-state index is 5.69. The molecule has 0 fully saturated rings. The van der Waals surface area contributed by atoms with E-state index in [4.69, 9.17) is 5.84 Å². The highest BCUT2D eigenvalue weighted by atomic mass is 79.9. The second-order valence-corrected chi connectivity index (χ2v) is 5.25. The molecule has 1 atom stereocenters. The van der Waals surface area contributed by atoms with Gasteiger partial charge in [-0.1, -0.05) is 17.3 Å². The van der Waals surface area contributed by atoms with Gasteiger partial charge in [-0.3, -0.25) is 5.84 Å². The van der Waals surface area contributed by atoms with Crippen molar-refractivity contribution in [1.82, 2.24) is 30.0 Å². The molecule has 0 saturated carbocycles. The lowest BCUT2D eigenvalue weighted by Gasteiger charge is -2.17. The number of hydrogen-bond acceptors (Lipinski definition) is 5. The molecule has 0 saturated heterocycles. The third-order valence-corrected chi connectivity index (χ3v) is 3.83. The zero-order valence-electron chi connectivity index (χ0n) is 10.9. The molecule has 1 unspecified atom stereocenters. The number of aromatic nitrogens is 5. The summed E-state index contributed by atoms with van der Waals surface area (Å²) in [6, 6.07) is 7.86. The van der Waals surface area contributed by atoms with Crippen LogP contribution in [0.5, 0.6) is 0 Å². The number of para-hydroxylation sites is 2. The van der Waals surface area contributed by atoms with E-state index in [9.17, 15) is 0 Å². The Bertz CT molecular complexity index is 713. The number of aryl methyl sites for hydroxylation is 1. The molecule has 0 aliphatic rings. The van der Waals surface area contributed by atoms with Gasteiger partial charge in [0, 0.05) is 13.6 Å². The molecule has 0 aliphatic carbocycles. The van der Waals surface area contributed by atoms with Crippen LogP contribution in [0.15, 0.2) is 35.2 Å². The number of nitrogens with zero attached hydrogens (tertiary/aromatic N) is 5. The van der Waals surface area contributed by atoms with Crippen molar-refractivity contribution in [2.24, 2.45) is 12.9 Å². The zero-order valence-corrected chi connectivity index (χ0v) is 12.4. The molecule has 20 heavy (non-hydrogen) atoms. The number of rotatable bonds is 4. The standard InChI is InChI=1S/C12H14BrN7/c1-19-11(12(13)17-18-19)9(16-14)6-20-7-15-8-4-2-3-5-10(8)20/h2-5,7,9,16H,6,14H2,1H3. The van der Waals surface area contributed by atoms with Crippen LogP contribution in [0.2, 0.25) is 0 Å². The zero-order chi connectivity index (χ0) is 14.1. The summed E-state index contributed by atoms with van der Waals surface area (Å²) in [6.45, 7) is 0.636. The first kappa shape index (κ1) is 13.2. The van der Waals surface area contributed by atoms with Crippen LogP contribution < -0.4 is 11.3 Å². The fourth-order valence-corrected chi connectivity index (χ4v) is 2.88. The normalized spacial score (nSPS) is 12.9. The van der Waals surface area contributed by atoms with Crippen LogP contribution in [0, 0.1) is 0 Å². The summed E-state index contributed by atoms with van der Waals surface area (Å²) in [4.78, 5) is 4.38. The van der Waals surface area contributed by atoms with Crippen LogP contribution in [-0.2, 0) is 13.6 Å². The van der Waals surface area contributed by atoms with Crippen LogP contribution in [0.3, 0.4) is 0 Å². The number of imidazole rings is 1. The van der Waals surface area contributed by atoms with Crippen molar-refractivity contribution in [2.45, 2.75) is 12.6 Å². The van der Waals surface area contributed by atoms with Crippen molar-refractivity contribution < 1.29 is 0 Å². The van der Waals surface area contributed by atoms with Gasteiger partial charge in [-0.15, -0.1) is 5.10 Å². The van der Waals surface area contributed by atoms with Crippen molar-refractivity contribution in [3.8, 4) is 0 Å². The van der Waals surface area contributed by atoms with Gasteiger partial charge in [0.25, 0.3) is 0 Å². The van der Waals surface area contributed by atoms with Crippen molar-refractivity contribution in [2.75, 3.05) is 0 Å². The predicted molar refractivity (Wildman–Crippen MR) is 78.5 cm³/mol. The maximum absolute atomic E-state index is 5.69. The molecular formula is C12H14BrN7. The summed E-state index contributed by atoms with van der Waals surface area (Å²) < 4.78 is 4.44. The first-order chi connectivity index (χ1) is 9.70. The topological polar surface area (TPSA) is 86.6 Å². The third-order valence-electron chi connectivity index (χ3n) is 3.26. The summed E-state index contributed by atoms with van der Waals surface area (Å²) in [5.74, 6) is 5.69. The minimum atomic E-state index is -0.123. The Balaban J connectivity index is 1.96. The summed E-state index contributed by atoms with van der Waals surface area (Å²) in [5.41, 5.74) is 5.74. The number of nitrogens with two attached hydrogens (primary N) is 1. The molecule has 2 aromatic heterocycles. The number of halogens is 1. The molecule has 1 aromatic carbocycles. The van der Waals surface area contributed by atoms with E-state index in [1.165, 1.54) is 0 Å². The number of fused-ring (bicyclic) bond motifs is 1. The molecule has 104 valence electrons. The second kappa shape index (κ2) is 5.31. The summed E-state index contributed by atoms with van der Waals surface area (Å²) >= 11 is 3.40. The number of hydrazine groups is 1. The smallest absolute Gasteiger partial charge is 0.153 e. The van der Waals surface area contributed by atoms with E-state index in [1.807, 2.05) is 37.6 Å². The Morgan fingerprint density at radius 1 is 1.40 bits per heavy atom. The molecule has 2 heterocycles. The fraction of sp³-hybridized carbons (Fsp3) is 0.250. The van der Waals surface area contributed by atoms with E-state index < -0.39 is 0 Å². The molecular weight excluding hydrogens is 322 g/mol.